The van der Waals surface area contributed by atoms with Gasteiger partial charge in [-0.05, 0) is 18.1 Å². The molecule has 0 spiro atoms. The summed E-state index contributed by atoms with van der Waals surface area (Å²) in [5, 5.41) is 0. The molecule has 1 rings (SSSR count). The van der Waals surface area contributed by atoms with E-state index in [-0.39, 0.29) is 18.1 Å². The molecule has 0 aliphatic carbocycles. The molecule has 0 nitrogen and oxygen atoms in total. The first kappa shape index (κ1) is 10.9. The normalized spacial score (nSPS) is 11.9. The van der Waals surface area contributed by atoms with Crippen molar-refractivity contribution in [3.63, 3.8) is 0 Å². The lowest BCUT2D eigenvalue weighted by Gasteiger charge is -2.09. The molecular formula is C9H7F5. The summed E-state index contributed by atoms with van der Waals surface area (Å²) >= 11 is 0. The molecule has 0 saturated carbocycles. The Morgan fingerprint density at radius 3 is 2.07 bits per heavy atom. The summed E-state index contributed by atoms with van der Waals surface area (Å²) in [6, 6.07) is 0.770. The predicted molar refractivity (Wildman–Crippen MR) is 40.7 cm³/mol. The van der Waals surface area contributed by atoms with E-state index in [0.29, 0.717) is 6.07 Å². The average Bonchev–Trinajstić information content (AvgIpc) is 2.02. The molecule has 0 bridgehead atoms. The van der Waals surface area contributed by atoms with Crippen molar-refractivity contribution >= 4 is 0 Å². The van der Waals surface area contributed by atoms with Gasteiger partial charge in [0.1, 0.15) is 11.6 Å². The Balaban J connectivity index is 3.32. The first-order chi connectivity index (χ1) is 6.36. The third-order valence-corrected chi connectivity index (χ3v) is 1.82. The molecule has 0 radical (unpaired) electrons. The molecule has 0 unspecified atom stereocenters. The molecule has 0 amide bonds. The lowest BCUT2D eigenvalue weighted by Crippen LogP contribution is -2.09. The van der Waals surface area contributed by atoms with Crippen molar-refractivity contribution in [3.05, 3.63) is 34.9 Å². The van der Waals surface area contributed by atoms with Crippen LogP contribution in [0.5, 0.6) is 0 Å². The molecule has 0 aliphatic rings. The fourth-order valence-electron chi connectivity index (χ4n) is 1.08. The van der Waals surface area contributed by atoms with Gasteiger partial charge < -0.3 is 0 Å². The van der Waals surface area contributed by atoms with Gasteiger partial charge in [-0.1, -0.05) is 6.92 Å². The Kier molecular flexibility index (Phi) is 2.78. The van der Waals surface area contributed by atoms with E-state index in [1.165, 1.54) is 6.92 Å². The number of halogens is 5. The van der Waals surface area contributed by atoms with Crippen LogP contribution in [0.2, 0.25) is 0 Å². The summed E-state index contributed by atoms with van der Waals surface area (Å²) in [6.07, 6.45) is -4.68. The maximum atomic E-state index is 12.8. The van der Waals surface area contributed by atoms with Crippen LogP contribution in [0.3, 0.4) is 0 Å². The topological polar surface area (TPSA) is 0 Å². The number of aryl methyl sites for hydroxylation is 1. The van der Waals surface area contributed by atoms with Crippen LogP contribution in [0, 0.1) is 11.6 Å². The summed E-state index contributed by atoms with van der Waals surface area (Å²) < 4.78 is 61.9. The van der Waals surface area contributed by atoms with Gasteiger partial charge in [-0.2, -0.15) is 13.2 Å². The number of hydrogen-bond donors (Lipinski definition) is 0. The summed E-state index contributed by atoms with van der Waals surface area (Å²) in [6.45, 7) is 1.50. The van der Waals surface area contributed by atoms with Crippen molar-refractivity contribution in [1.29, 1.82) is 0 Å². The maximum absolute atomic E-state index is 12.8. The molecule has 0 atom stereocenters. The zero-order valence-corrected chi connectivity index (χ0v) is 7.25. The van der Waals surface area contributed by atoms with Crippen LogP contribution in [-0.2, 0) is 12.6 Å². The quantitative estimate of drug-likeness (QED) is 0.622. The number of hydrogen-bond acceptors (Lipinski definition) is 0. The summed E-state index contributed by atoms with van der Waals surface area (Å²) in [7, 11) is 0. The standard InChI is InChI=1S/C9H7F5/c1-2-5-3-6(9(12,13)14)8(11)4-7(5)10/h3-4H,2H2,1H3. The average molecular weight is 210 g/mol. The Hall–Kier alpha value is -1.13. The Morgan fingerprint density at radius 1 is 1.07 bits per heavy atom. The van der Waals surface area contributed by atoms with Gasteiger partial charge in [0, 0.05) is 6.07 Å². The third-order valence-electron chi connectivity index (χ3n) is 1.82. The predicted octanol–water partition coefficient (Wildman–Crippen LogP) is 3.55. The fourth-order valence-corrected chi connectivity index (χ4v) is 1.08. The molecule has 1 aromatic rings. The van der Waals surface area contributed by atoms with Crippen LogP contribution in [0.4, 0.5) is 22.0 Å². The van der Waals surface area contributed by atoms with Crippen LogP contribution in [-0.4, -0.2) is 0 Å². The van der Waals surface area contributed by atoms with Crippen molar-refractivity contribution in [2.24, 2.45) is 0 Å². The van der Waals surface area contributed by atoms with Gasteiger partial charge in [0.25, 0.3) is 0 Å². The molecule has 0 aromatic heterocycles. The summed E-state index contributed by atoms with van der Waals surface area (Å²) in [4.78, 5) is 0. The Bertz CT molecular complexity index is 340. The highest BCUT2D eigenvalue weighted by atomic mass is 19.4. The zero-order valence-electron chi connectivity index (χ0n) is 7.25. The van der Waals surface area contributed by atoms with E-state index in [9.17, 15) is 22.0 Å². The van der Waals surface area contributed by atoms with Gasteiger partial charge in [-0.25, -0.2) is 8.78 Å². The molecule has 14 heavy (non-hydrogen) atoms. The minimum Gasteiger partial charge on any atom is -0.207 e. The molecular weight excluding hydrogens is 203 g/mol. The van der Waals surface area contributed by atoms with Crippen LogP contribution in [0.25, 0.3) is 0 Å². The maximum Gasteiger partial charge on any atom is 0.419 e. The van der Waals surface area contributed by atoms with Gasteiger partial charge in [0.2, 0.25) is 0 Å². The minimum atomic E-state index is -4.78. The lowest BCUT2D eigenvalue weighted by atomic mass is 10.1. The zero-order chi connectivity index (χ0) is 10.9. The van der Waals surface area contributed by atoms with Crippen molar-refractivity contribution < 1.29 is 22.0 Å². The monoisotopic (exact) mass is 210 g/mol. The molecule has 0 aliphatic heterocycles. The van der Waals surface area contributed by atoms with E-state index < -0.39 is 23.4 Å². The molecule has 0 fully saturated rings. The molecule has 0 N–H and O–H groups in total. The highest BCUT2D eigenvalue weighted by Gasteiger charge is 2.34. The second-order valence-electron chi connectivity index (χ2n) is 2.77. The molecule has 0 heterocycles. The third kappa shape index (κ3) is 2.02. The van der Waals surface area contributed by atoms with E-state index in [0.717, 1.165) is 0 Å². The van der Waals surface area contributed by atoms with E-state index in [1.54, 1.807) is 0 Å². The summed E-state index contributed by atoms with van der Waals surface area (Å²) in [5.74, 6) is -2.52. The first-order valence-electron chi connectivity index (χ1n) is 3.91. The van der Waals surface area contributed by atoms with Crippen LogP contribution in [0.1, 0.15) is 18.1 Å². The molecule has 0 saturated heterocycles. The second-order valence-corrected chi connectivity index (χ2v) is 2.77. The smallest absolute Gasteiger partial charge is 0.207 e. The second kappa shape index (κ2) is 3.55. The highest BCUT2D eigenvalue weighted by Crippen LogP contribution is 2.32. The van der Waals surface area contributed by atoms with E-state index in [2.05, 4.69) is 0 Å². The lowest BCUT2D eigenvalue weighted by molar-refractivity contribution is -0.140. The van der Waals surface area contributed by atoms with E-state index in [4.69, 9.17) is 0 Å². The van der Waals surface area contributed by atoms with Gasteiger partial charge in [0.15, 0.2) is 0 Å². The van der Waals surface area contributed by atoms with E-state index >= 15 is 0 Å². The van der Waals surface area contributed by atoms with Crippen molar-refractivity contribution in [2.75, 3.05) is 0 Å². The fraction of sp³-hybridized carbons (Fsp3) is 0.333. The number of alkyl halides is 3. The molecule has 5 heteroatoms. The number of benzene rings is 1. The van der Waals surface area contributed by atoms with Crippen LogP contribution < -0.4 is 0 Å². The van der Waals surface area contributed by atoms with Crippen LogP contribution >= 0.6 is 0 Å². The SMILES string of the molecule is CCc1cc(C(F)(F)F)c(F)cc1F. The first-order valence-corrected chi connectivity index (χ1v) is 3.91. The van der Waals surface area contributed by atoms with E-state index in [1.807, 2.05) is 0 Å². The van der Waals surface area contributed by atoms with Crippen molar-refractivity contribution in [3.8, 4) is 0 Å². The van der Waals surface area contributed by atoms with Gasteiger partial charge in [-0.15, -0.1) is 0 Å². The highest BCUT2D eigenvalue weighted by molar-refractivity contribution is 5.28. The Labute approximate surface area is 77.4 Å². The summed E-state index contributed by atoms with van der Waals surface area (Å²) in [5.41, 5.74) is -1.56. The van der Waals surface area contributed by atoms with Gasteiger partial charge in [0.05, 0.1) is 5.56 Å². The molecule has 1 aromatic carbocycles. The minimum absolute atomic E-state index is 0.0925. The van der Waals surface area contributed by atoms with Crippen molar-refractivity contribution in [1.82, 2.24) is 0 Å². The van der Waals surface area contributed by atoms with Gasteiger partial charge in [-0.3, -0.25) is 0 Å². The molecule has 78 valence electrons. The van der Waals surface area contributed by atoms with Gasteiger partial charge >= 0.3 is 6.18 Å². The van der Waals surface area contributed by atoms with Crippen molar-refractivity contribution in [2.45, 2.75) is 19.5 Å². The van der Waals surface area contributed by atoms with Crippen LogP contribution in [0.15, 0.2) is 12.1 Å². The largest absolute Gasteiger partial charge is 0.419 e. The Morgan fingerprint density at radius 2 is 1.64 bits per heavy atom. The number of rotatable bonds is 1.